The van der Waals surface area contributed by atoms with E-state index in [0.29, 0.717) is 11.2 Å². The Kier molecular flexibility index (Phi) is 7.02. The van der Waals surface area contributed by atoms with Crippen LogP contribution in [0.15, 0.2) is 66.5 Å². The van der Waals surface area contributed by atoms with Crippen molar-refractivity contribution >= 4 is 34.2 Å². The van der Waals surface area contributed by atoms with Gasteiger partial charge >= 0.3 is 5.97 Å². The number of piperazine rings is 1. The summed E-state index contributed by atoms with van der Waals surface area (Å²) in [5.41, 5.74) is 8.31. The molecule has 1 aromatic carbocycles. The van der Waals surface area contributed by atoms with Gasteiger partial charge in [0.1, 0.15) is 11.8 Å². The third-order valence-corrected chi connectivity index (χ3v) is 8.02. The molecule has 0 bridgehead atoms. The van der Waals surface area contributed by atoms with E-state index in [1.165, 1.54) is 11.8 Å². The number of pyridine rings is 1. The Morgan fingerprint density at radius 3 is 2.58 bits per heavy atom. The summed E-state index contributed by atoms with van der Waals surface area (Å²) in [7, 11) is 2.16. The molecule has 1 aliphatic heterocycles. The number of H-pyrrole nitrogens is 1. The number of hydrogen-bond donors (Lipinski definition) is 2. The lowest BCUT2D eigenvalue weighted by Gasteiger charge is -2.34. The van der Waals surface area contributed by atoms with Crippen LogP contribution in [0.3, 0.4) is 0 Å². The molecular formula is C32H35N5O3. The molecule has 6 rings (SSSR count). The smallest absolute Gasteiger partial charge is 0.339 e. The number of benzene rings is 1. The highest BCUT2D eigenvalue weighted by atomic mass is 16.5. The summed E-state index contributed by atoms with van der Waals surface area (Å²) in [5, 5.41) is 3.82. The average molecular weight is 538 g/mol. The Balaban J connectivity index is 1.42. The van der Waals surface area contributed by atoms with E-state index in [2.05, 4.69) is 63.0 Å². The van der Waals surface area contributed by atoms with Crippen molar-refractivity contribution in [2.45, 2.75) is 38.7 Å². The monoisotopic (exact) mass is 537 g/mol. The first-order chi connectivity index (χ1) is 19.4. The molecule has 1 saturated heterocycles. The van der Waals surface area contributed by atoms with Gasteiger partial charge in [-0.3, -0.25) is 4.79 Å². The number of esters is 1. The number of hydrogen-bond acceptors (Lipinski definition) is 6. The molecule has 2 aromatic heterocycles. The molecule has 8 heteroatoms. The van der Waals surface area contributed by atoms with E-state index in [1.807, 2.05) is 19.1 Å². The summed E-state index contributed by atoms with van der Waals surface area (Å²) in [6, 6.07) is 10.5. The zero-order valence-corrected chi connectivity index (χ0v) is 23.1. The van der Waals surface area contributed by atoms with Gasteiger partial charge in [0.05, 0.1) is 11.3 Å². The van der Waals surface area contributed by atoms with Crippen LogP contribution in [0.1, 0.15) is 48.5 Å². The Hall–Kier alpha value is -4.17. The fourth-order valence-electron chi connectivity index (χ4n) is 5.39. The number of rotatable bonds is 7. The minimum absolute atomic E-state index is 0.0217. The Morgan fingerprint density at radius 2 is 1.88 bits per heavy atom. The number of amides is 1. The van der Waals surface area contributed by atoms with E-state index in [-0.39, 0.29) is 18.0 Å². The summed E-state index contributed by atoms with van der Waals surface area (Å²) < 4.78 is 5.56. The van der Waals surface area contributed by atoms with E-state index >= 15 is 0 Å². The molecule has 3 aliphatic rings. The molecule has 206 valence electrons. The first-order valence-electron chi connectivity index (χ1n) is 14.0. The van der Waals surface area contributed by atoms with Crippen molar-refractivity contribution in [3.8, 4) is 11.3 Å². The molecule has 8 nitrogen and oxygen atoms in total. The van der Waals surface area contributed by atoms with Gasteiger partial charge in [-0.15, -0.1) is 0 Å². The van der Waals surface area contributed by atoms with Crippen LogP contribution in [0.5, 0.6) is 0 Å². The second-order valence-corrected chi connectivity index (χ2v) is 11.0. The number of likely N-dealkylation sites (N-methyl/N-ethyl adjacent to an activating group) is 1. The number of aromatic nitrogens is 2. The van der Waals surface area contributed by atoms with Crippen molar-refractivity contribution in [3.05, 3.63) is 77.7 Å². The largest absolute Gasteiger partial charge is 0.459 e. The first kappa shape index (κ1) is 26.1. The maximum Gasteiger partial charge on any atom is 0.339 e. The lowest BCUT2D eigenvalue weighted by molar-refractivity contribution is -0.115. The van der Waals surface area contributed by atoms with Crippen molar-refractivity contribution in [2.24, 2.45) is 0 Å². The van der Waals surface area contributed by atoms with Gasteiger partial charge in [-0.1, -0.05) is 18.7 Å². The maximum absolute atomic E-state index is 12.8. The third kappa shape index (κ3) is 5.31. The Labute approximate surface area is 234 Å². The minimum atomic E-state index is -0.338. The normalized spacial score (nSPS) is 18.1. The standard InChI is InChI=1S/C32H35N5O3/c1-4-28(38)34-27-18-22(6-5-20(27)2)29-26-17-23(32(39)40-25-11-12-25)19-33-31(26)35-30(29)21-7-9-24(10-8-21)37-15-13-36(3)14-16-37/h4,7-10,17-19,25H,1,5-6,11-16H2,2-3H3,(H,33,35)(H,34,38). The molecule has 2 fully saturated rings. The van der Waals surface area contributed by atoms with Gasteiger partial charge in [-0.2, -0.15) is 0 Å². The van der Waals surface area contributed by atoms with Gasteiger partial charge in [0.2, 0.25) is 5.91 Å². The molecule has 40 heavy (non-hydrogen) atoms. The molecule has 0 spiro atoms. The van der Waals surface area contributed by atoms with Crippen molar-refractivity contribution < 1.29 is 14.3 Å². The number of anilines is 1. The number of fused-ring (bicyclic) bond motifs is 1. The van der Waals surface area contributed by atoms with E-state index in [0.717, 1.165) is 90.9 Å². The SMILES string of the molecule is C=CC(=O)NC1=C(C)CCC(c2c(-c3ccc(N4CCN(C)CC4)cc3)[nH]c3ncc(C(=O)OC4CC4)cc23)=C1. The summed E-state index contributed by atoms with van der Waals surface area (Å²) in [5.74, 6) is -0.577. The van der Waals surface area contributed by atoms with Crippen LogP contribution in [0, 0.1) is 0 Å². The number of nitrogens with zero attached hydrogens (tertiary/aromatic N) is 3. The maximum atomic E-state index is 12.8. The van der Waals surface area contributed by atoms with E-state index in [9.17, 15) is 9.59 Å². The Morgan fingerprint density at radius 1 is 1.12 bits per heavy atom. The minimum Gasteiger partial charge on any atom is -0.459 e. The predicted octanol–water partition coefficient (Wildman–Crippen LogP) is 5.05. The Bertz CT molecular complexity index is 1540. The number of aromatic amines is 1. The average Bonchev–Trinajstić information content (AvgIpc) is 3.71. The van der Waals surface area contributed by atoms with E-state index in [4.69, 9.17) is 4.74 Å². The van der Waals surface area contributed by atoms with Crippen molar-refractivity contribution in [3.63, 3.8) is 0 Å². The zero-order valence-electron chi connectivity index (χ0n) is 23.1. The first-order valence-corrected chi connectivity index (χ1v) is 14.0. The third-order valence-electron chi connectivity index (χ3n) is 8.02. The predicted molar refractivity (Wildman–Crippen MR) is 158 cm³/mol. The highest BCUT2D eigenvalue weighted by Gasteiger charge is 2.28. The molecular weight excluding hydrogens is 502 g/mol. The van der Waals surface area contributed by atoms with Crippen molar-refractivity contribution in [1.29, 1.82) is 0 Å². The summed E-state index contributed by atoms with van der Waals surface area (Å²) in [4.78, 5) is 37.9. The van der Waals surface area contributed by atoms with Crippen LogP contribution >= 0.6 is 0 Å². The van der Waals surface area contributed by atoms with Gasteiger partial charge < -0.3 is 24.8 Å². The van der Waals surface area contributed by atoms with Crippen LogP contribution in [-0.2, 0) is 9.53 Å². The number of allylic oxidation sites excluding steroid dienone is 3. The quantitative estimate of drug-likeness (QED) is 0.324. The number of ether oxygens (including phenoxy) is 1. The summed E-state index contributed by atoms with van der Waals surface area (Å²) >= 11 is 0. The molecule has 0 radical (unpaired) electrons. The van der Waals surface area contributed by atoms with Gasteiger partial charge in [-0.05, 0) is 86.7 Å². The molecule has 1 amide bonds. The molecule has 3 heterocycles. The van der Waals surface area contributed by atoms with Crippen LogP contribution in [0.4, 0.5) is 5.69 Å². The molecule has 3 aromatic rings. The van der Waals surface area contributed by atoms with Crippen LogP contribution in [-0.4, -0.2) is 66.1 Å². The highest BCUT2D eigenvalue weighted by molar-refractivity contribution is 6.03. The fourth-order valence-corrected chi connectivity index (χ4v) is 5.39. The second-order valence-electron chi connectivity index (χ2n) is 11.0. The topological polar surface area (TPSA) is 90.6 Å². The molecule has 2 N–H and O–H groups in total. The molecule has 0 unspecified atom stereocenters. The zero-order chi connectivity index (χ0) is 27.8. The van der Waals surface area contributed by atoms with Crippen molar-refractivity contribution in [2.75, 3.05) is 38.1 Å². The molecule has 1 saturated carbocycles. The number of nitrogens with one attached hydrogen (secondary N) is 2. The van der Waals surface area contributed by atoms with E-state index in [1.54, 1.807) is 6.20 Å². The van der Waals surface area contributed by atoms with Crippen LogP contribution in [0.2, 0.25) is 0 Å². The lowest BCUT2D eigenvalue weighted by atomic mass is 9.89. The summed E-state index contributed by atoms with van der Waals surface area (Å²) in [6.45, 7) is 9.75. The second kappa shape index (κ2) is 10.8. The summed E-state index contributed by atoms with van der Waals surface area (Å²) in [6.07, 6.45) is 8.38. The van der Waals surface area contributed by atoms with Gasteiger partial charge in [0, 0.05) is 54.7 Å². The van der Waals surface area contributed by atoms with Crippen molar-refractivity contribution in [1.82, 2.24) is 20.2 Å². The van der Waals surface area contributed by atoms with Gasteiger partial charge in [0.15, 0.2) is 0 Å². The number of carbonyl (C=O) groups excluding carboxylic acids is 2. The van der Waals surface area contributed by atoms with Gasteiger partial charge in [-0.25, -0.2) is 9.78 Å². The number of carbonyl (C=O) groups is 2. The van der Waals surface area contributed by atoms with Gasteiger partial charge in [0.25, 0.3) is 0 Å². The molecule has 0 atom stereocenters. The lowest BCUT2D eigenvalue weighted by Crippen LogP contribution is -2.44. The van der Waals surface area contributed by atoms with Crippen LogP contribution < -0.4 is 10.2 Å². The highest BCUT2D eigenvalue weighted by Crippen LogP contribution is 2.40. The van der Waals surface area contributed by atoms with E-state index < -0.39 is 0 Å². The molecule has 2 aliphatic carbocycles. The van der Waals surface area contributed by atoms with Crippen LogP contribution in [0.25, 0.3) is 27.9 Å². The fraction of sp³-hybridized carbons (Fsp3) is 0.344.